The number of aryl methyl sites for hydroxylation is 1. The quantitative estimate of drug-likeness (QED) is 0.542. The molecule has 0 radical (unpaired) electrons. The Balaban J connectivity index is 1.70. The van der Waals surface area contributed by atoms with Crippen LogP contribution in [0.3, 0.4) is 0 Å². The van der Waals surface area contributed by atoms with E-state index in [1.807, 2.05) is 42.5 Å². The minimum absolute atomic E-state index is 0.0461. The molecule has 114 valence electrons. The van der Waals surface area contributed by atoms with E-state index in [1.165, 1.54) is 5.56 Å². The first kappa shape index (κ1) is 13.7. The second kappa shape index (κ2) is 5.37. The minimum Gasteiger partial charge on any atom is -0.392 e. The number of hydrogen-bond acceptors (Lipinski definition) is 3. The number of H-pyrrole nitrogens is 2. The van der Waals surface area contributed by atoms with E-state index in [2.05, 4.69) is 33.2 Å². The molecule has 2 aromatic carbocycles. The van der Waals surface area contributed by atoms with Crippen LogP contribution in [0.15, 0.2) is 48.5 Å². The number of aromatic nitrogens is 4. The molecule has 2 aromatic heterocycles. The van der Waals surface area contributed by atoms with Gasteiger partial charge in [0.15, 0.2) is 5.82 Å². The number of aliphatic hydroxyl groups is 1. The molecule has 5 nitrogen and oxygen atoms in total. The van der Waals surface area contributed by atoms with Gasteiger partial charge in [-0.3, -0.25) is 5.10 Å². The van der Waals surface area contributed by atoms with Crippen LogP contribution >= 0.6 is 0 Å². The Morgan fingerprint density at radius 1 is 1.04 bits per heavy atom. The summed E-state index contributed by atoms with van der Waals surface area (Å²) in [5.74, 6) is 0.774. The van der Waals surface area contributed by atoms with Gasteiger partial charge in [-0.05, 0) is 36.2 Å². The van der Waals surface area contributed by atoms with Crippen LogP contribution in [-0.2, 0) is 6.61 Å². The van der Waals surface area contributed by atoms with E-state index in [1.54, 1.807) is 0 Å². The molecule has 4 rings (SSSR count). The van der Waals surface area contributed by atoms with Gasteiger partial charge in [-0.15, -0.1) is 0 Å². The molecule has 2 heterocycles. The zero-order chi connectivity index (χ0) is 15.8. The number of nitrogens with zero attached hydrogens (tertiary/aromatic N) is 2. The van der Waals surface area contributed by atoms with Crippen molar-refractivity contribution in [3.8, 4) is 22.8 Å². The molecule has 0 spiro atoms. The highest BCUT2D eigenvalue weighted by Gasteiger charge is 2.10. The van der Waals surface area contributed by atoms with Crippen LogP contribution in [0.5, 0.6) is 0 Å². The number of rotatable bonds is 3. The highest BCUT2D eigenvalue weighted by molar-refractivity contribution is 5.80. The Hall–Kier alpha value is -2.92. The second-order valence-corrected chi connectivity index (χ2v) is 5.63. The summed E-state index contributed by atoms with van der Waals surface area (Å²) in [6.45, 7) is 2.11. The van der Waals surface area contributed by atoms with Crippen molar-refractivity contribution in [1.29, 1.82) is 0 Å². The van der Waals surface area contributed by atoms with Crippen LogP contribution in [0, 0.1) is 6.92 Å². The highest BCUT2D eigenvalue weighted by Crippen LogP contribution is 2.24. The standard InChI is InChI=1S/C18H16N4O/c1-11-2-7-14-16(8-11)20-18(19-14)17-9-15(21-22-17)13-5-3-12(10-23)4-6-13/h2-9,23H,10H2,1H3,(H,19,20)(H,21,22). The Bertz CT molecular complexity index is 966. The lowest BCUT2D eigenvalue weighted by Gasteiger charge is -1.98. The first-order chi connectivity index (χ1) is 11.2. The molecule has 0 amide bonds. The minimum atomic E-state index is 0.0461. The molecular weight excluding hydrogens is 288 g/mol. The lowest BCUT2D eigenvalue weighted by Crippen LogP contribution is -1.83. The van der Waals surface area contributed by atoms with E-state index in [9.17, 15) is 0 Å². The number of imidazole rings is 1. The summed E-state index contributed by atoms with van der Waals surface area (Å²) in [6, 6.07) is 15.8. The third-order valence-corrected chi connectivity index (χ3v) is 3.90. The van der Waals surface area contributed by atoms with E-state index < -0.39 is 0 Å². The summed E-state index contributed by atoms with van der Waals surface area (Å²) < 4.78 is 0. The third kappa shape index (κ3) is 2.51. The average Bonchev–Trinajstić information content (AvgIpc) is 3.21. The highest BCUT2D eigenvalue weighted by atomic mass is 16.3. The fraction of sp³-hybridized carbons (Fsp3) is 0.111. The van der Waals surface area contributed by atoms with Gasteiger partial charge in [0.25, 0.3) is 0 Å². The van der Waals surface area contributed by atoms with Gasteiger partial charge < -0.3 is 10.1 Å². The van der Waals surface area contributed by atoms with E-state index in [0.29, 0.717) is 0 Å². The van der Waals surface area contributed by atoms with Gasteiger partial charge in [-0.25, -0.2) is 4.98 Å². The van der Waals surface area contributed by atoms with Crippen LogP contribution < -0.4 is 0 Å². The van der Waals surface area contributed by atoms with E-state index in [0.717, 1.165) is 39.4 Å². The van der Waals surface area contributed by atoms with Crippen molar-refractivity contribution >= 4 is 11.0 Å². The van der Waals surface area contributed by atoms with Crippen LogP contribution in [-0.4, -0.2) is 25.3 Å². The molecule has 23 heavy (non-hydrogen) atoms. The first-order valence-electron chi connectivity index (χ1n) is 7.45. The van der Waals surface area contributed by atoms with Gasteiger partial charge >= 0.3 is 0 Å². The van der Waals surface area contributed by atoms with Crippen molar-refractivity contribution in [1.82, 2.24) is 20.2 Å². The van der Waals surface area contributed by atoms with Crippen molar-refractivity contribution in [2.24, 2.45) is 0 Å². The normalized spacial score (nSPS) is 11.2. The third-order valence-electron chi connectivity index (χ3n) is 3.90. The smallest absolute Gasteiger partial charge is 0.156 e. The Morgan fingerprint density at radius 3 is 2.65 bits per heavy atom. The van der Waals surface area contributed by atoms with Crippen LogP contribution in [0.2, 0.25) is 0 Å². The summed E-state index contributed by atoms with van der Waals surface area (Å²) in [7, 11) is 0. The zero-order valence-electron chi connectivity index (χ0n) is 12.7. The van der Waals surface area contributed by atoms with Crippen LogP contribution in [0.25, 0.3) is 33.8 Å². The van der Waals surface area contributed by atoms with Gasteiger partial charge in [-0.2, -0.15) is 5.10 Å². The summed E-state index contributed by atoms with van der Waals surface area (Å²) in [5.41, 5.74) is 6.73. The van der Waals surface area contributed by atoms with Crippen molar-refractivity contribution < 1.29 is 5.11 Å². The summed E-state index contributed by atoms with van der Waals surface area (Å²) in [5, 5.41) is 16.5. The summed E-state index contributed by atoms with van der Waals surface area (Å²) in [6.07, 6.45) is 0. The van der Waals surface area contributed by atoms with Gasteiger partial charge in [0.1, 0.15) is 5.69 Å². The van der Waals surface area contributed by atoms with Crippen molar-refractivity contribution in [2.45, 2.75) is 13.5 Å². The molecule has 3 N–H and O–H groups in total. The molecule has 0 atom stereocenters. The molecule has 0 unspecified atom stereocenters. The predicted molar refractivity (Wildman–Crippen MR) is 89.8 cm³/mol. The predicted octanol–water partition coefficient (Wildman–Crippen LogP) is 3.42. The van der Waals surface area contributed by atoms with E-state index >= 15 is 0 Å². The zero-order valence-corrected chi connectivity index (χ0v) is 12.7. The number of aliphatic hydroxyl groups excluding tert-OH is 1. The lowest BCUT2D eigenvalue weighted by molar-refractivity contribution is 0.282. The molecule has 5 heteroatoms. The first-order valence-corrected chi connectivity index (χ1v) is 7.45. The molecule has 4 aromatic rings. The Labute approximate surface area is 133 Å². The van der Waals surface area contributed by atoms with Crippen LogP contribution in [0.4, 0.5) is 0 Å². The molecule has 0 aliphatic rings. The number of nitrogens with one attached hydrogen (secondary N) is 2. The molecule has 0 saturated carbocycles. The van der Waals surface area contributed by atoms with E-state index in [-0.39, 0.29) is 6.61 Å². The van der Waals surface area contributed by atoms with Crippen molar-refractivity contribution in [3.05, 3.63) is 59.7 Å². The van der Waals surface area contributed by atoms with Crippen molar-refractivity contribution in [2.75, 3.05) is 0 Å². The maximum absolute atomic E-state index is 9.11. The molecule has 0 saturated heterocycles. The molecule has 0 fully saturated rings. The average molecular weight is 304 g/mol. The molecular formula is C18H16N4O. The summed E-state index contributed by atoms with van der Waals surface area (Å²) >= 11 is 0. The number of benzene rings is 2. The monoisotopic (exact) mass is 304 g/mol. The fourth-order valence-corrected chi connectivity index (χ4v) is 2.62. The molecule has 0 bridgehead atoms. The Kier molecular flexibility index (Phi) is 3.20. The van der Waals surface area contributed by atoms with Crippen molar-refractivity contribution in [3.63, 3.8) is 0 Å². The second-order valence-electron chi connectivity index (χ2n) is 5.63. The molecule has 0 aliphatic carbocycles. The van der Waals surface area contributed by atoms with Gasteiger partial charge in [0.05, 0.1) is 23.3 Å². The van der Waals surface area contributed by atoms with Crippen LogP contribution in [0.1, 0.15) is 11.1 Å². The summed E-state index contributed by atoms with van der Waals surface area (Å²) in [4.78, 5) is 7.92. The number of fused-ring (bicyclic) bond motifs is 1. The number of hydrogen-bond donors (Lipinski definition) is 3. The lowest BCUT2D eigenvalue weighted by atomic mass is 10.1. The van der Waals surface area contributed by atoms with Gasteiger partial charge in [-0.1, -0.05) is 30.3 Å². The number of aromatic amines is 2. The fourth-order valence-electron chi connectivity index (χ4n) is 2.62. The molecule has 0 aliphatic heterocycles. The topological polar surface area (TPSA) is 77.6 Å². The Morgan fingerprint density at radius 2 is 1.87 bits per heavy atom. The van der Waals surface area contributed by atoms with Gasteiger partial charge in [0.2, 0.25) is 0 Å². The maximum atomic E-state index is 9.11. The maximum Gasteiger partial charge on any atom is 0.156 e. The largest absolute Gasteiger partial charge is 0.392 e. The SMILES string of the molecule is Cc1ccc2nc(-c3cc(-c4ccc(CO)cc4)n[nH]3)[nH]c2c1. The van der Waals surface area contributed by atoms with E-state index in [4.69, 9.17) is 5.11 Å². The van der Waals surface area contributed by atoms with Gasteiger partial charge in [0, 0.05) is 5.56 Å².